The van der Waals surface area contributed by atoms with E-state index in [4.69, 9.17) is 4.74 Å². The van der Waals surface area contributed by atoms with Crippen LogP contribution in [0.5, 0.6) is 5.75 Å². The van der Waals surface area contributed by atoms with Crippen LogP contribution in [-0.2, 0) is 0 Å². The minimum Gasteiger partial charge on any atom is -0.483 e. The van der Waals surface area contributed by atoms with Crippen molar-refractivity contribution < 1.29 is 14.3 Å². The maximum Gasteiger partial charge on any atom is 0.269 e. The number of fused-ring (bicyclic) bond motifs is 1. The molecule has 4 heteroatoms. The van der Waals surface area contributed by atoms with Crippen LogP contribution in [0.4, 0.5) is 0 Å². The zero-order valence-electron chi connectivity index (χ0n) is 13.1. The molecule has 1 heterocycles. The number of rotatable bonds is 4. The van der Waals surface area contributed by atoms with Gasteiger partial charge < -0.3 is 4.74 Å². The number of carbonyl (C=O) groups is 2. The lowest BCUT2D eigenvalue weighted by atomic mass is 10.1. The molecule has 0 radical (unpaired) electrons. The van der Waals surface area contributed by atoms with E-state index < -0.39 is 0 Å². The van der Waals surface area contributed by atoms with Crippen molar-refractivity contribution in [2.24, 2.45) is 0 Å². The summed E-state index contributed by atoms with van der Waals surface area (Å²) >= 11 is 0. The summed E-state index contributed by atoms with van der Waals surface area (Å²) in [5, 5.41) is 0.767. The molecule has 0 bridgehead atoms. The molecule has 0 aliphatic rings. The molecule has 0 fully saturated rings. The van der Waals surface area contributed by atoms with Crippen LogP contribution in [0.1, 0.15) is 26.3 Å². The van der Waals surface area contributed by atoms with Crippen molar-refractivity contribution in [3.63, 3.8) is 0 Å². The fourth-order valence-electron chi connectivity index (χ4n) is 2.74. The maximum absolute atomic E-state index is 12.5. The zero-order chi connectivity index (χ0) is 16.4. The summed E-state index contributed by atoms with van der Waals surface area (Å²) in [6.07, 6.45) is 2.33. The summed E-state index contributed by atoms with van der Waals surface area (Å²) in [6, 6.07) is 13.2. The topological polar surface area (TPSA) is 48.3 Å². The van der Waals surface area contributed by atoms with Gasteiger partial charge in [0.1, 0.15) is 5.75 Å². The van der Waals surface area contributed by atoms with Crippen LogP contribution in [0.3, 0.4) is 0 Å². The first-order valence-corrected chi connectivity index (χ1v) is 7.39. The summed E-state index contributed by atoms with van der Waals surface area (Å²) < 4.78 is 7.20. The van der Waals surface area contributed by atoms with Crippen molar-refractivity contribution in [3.05, 3.63) is 65.4 Å². The van der Waals surface area contributed by atoms with Crippen molar-refractivity contribution in [3.8, 4) is 5.75 Å². The van der Waals surface area contributed by atoms with Gasteiger partial charge in [-0.15, -0.1) is 0 Å². The Bertz CT molecular complexity index is 873. The van der Waals surface area contributed by atoms with Crippen LogP contribution in [0.25, 0.3) is 10.9 Å². The van der Waals surface area contributed by atoms with Crippen molar-refractivity contribution in [1.82, 2.24) is 4.57 Å². The molecule has 0 atom stereocenters. The van der Waals surface area contributed by atoms with Crippen molar-refractivity contribution in [1.29, 1.82) is 0 Å². The molecule has 23 heavy (non-hydrogen) atoms. The number of benzene rings is 2. The third-order valence-electron chi connectivity index (χ3n) is 3.89. The number of carbonyl (C=O) groups excluding carboxylic acids is 2. The summed E-state index contributed by atoms with van der Waals surface area (Å²) in [5.74, 6) is 0.518. The minimum absolute atomic E-state index is 0.0807. The number of aldehydes is 1. The maximum atomic E-state index is 12.5. The largest absolute Gasteiger partial charge is 0.483 e. The Hall–Kier alpha value is -2.88. The highest BCUT2D eigenvalue weighted by atomic mass is 16.5. The number of nitrogens with zero attached hydrogens (tertiary/aromatic N) is 1. The lowest BCUT2D eigenvalue weighted by Gasteiger charge is -2.11. The van der Waals surface area contributed by atoms with Gasteiger partial charge in [0.25, 0.3) is 5.91 Å². The van der Waals surface area contributed by atoms with Gasteiger partial charge in [0, 0.05) is 17.1 Å². The van der Waals surface area contributed by atoms with Gasteiger partial charge >= 0.3 is 0 Å². The van der Waals surface area contributed by atoms with Gasteiger partial charge in [-0.05, 0) is 31.0 Å². The van der Waals surface area contributed by atoms with Crippen molar-refractivity contribution in [2.45, 2.75) is 13.8 Å². The number of para-hydroxylation sites is 2. The van der Waals surface area contributed by atoms with E-state index in [1.54, 1.807) is 6.20 Å². The van der Waals surface area contributed by atoms with Crippen LogP contribution in [0.2, 0.25) is 0 Å². The second-order valence-corrected chi connectivity index (χ2v) is 5.49. The zero-order valence-corrected chi connectivity index (χ0v) is 13.1. The second-order valence-electron chi connectivity index (χ2n) is 5.49. The van der Waals surface area contributed by atoms with E-state index in [9.17, 15) is 9.59 Å². The summed E-state index contributed by atoms with van der Waals surface area (Å²) in [4.78, 5) is 23.7. The molecule has 0 amide bonds. The van der Waals surface area contributed by atoms with E-state index in [-0.39, 0.29) is 12.5 Å². The fraction of sp³-hybridized carbons (Fsp3) is 0.158. The summed E-state index contributed by atoms with van der Waals surface area (Å²) in [7, 11) is 0. The molecule has 0 spiro atoms. The predicted molar refractivity (Wildman–Crippen MR) is 89.4 cm³/mol. The van der Waals surface area contributed by atoms with Gasteiger partial charge in [0.15, 0.2) is 12.9 Å². The van der Waals surface area contributed by atoms with E-state index >= 15 is 0 Å². The Morgan fingerprint density at radius 3 is 2.48 bits per heavy atom. The van der Waals surface area contributed by atoms with Gasteiger partial charge in [0.05, 0.1) is 5.52 Å². The Morgan fingerprint density at radius 2 is 1.78 bits per heavy atom. The average molecular weight is 307 g/mol. The Labute approximate surface area is 134 Å². The Morgan fingerprint density at radius 1 is 1.09 bits per heavy atom. The van der Waals surface area contributed by atoms with Crippen LogP contribution in [0.15, 0.2) is 48.7 Å². The van der Waals surface area contributed by atoms with Gasteiger partial charge in [0.2, 0.25) is 0 Å². The number of hydrogen-bond donors (Lipinski definition) is 0. The van der Waals surface area contributed by atoms with E-state index in [1.807, 2.05) is 56.3 Å². The van der Waals surface area contributed by atoms with Crippen LogP contribution >= 0.6 is 0 Å². The number of hydrogen-bond acceptors (Lipinski definition) is 3. The van der Waals surface area contributed by atoms with Crippen LogP contribution < -0.4 is 4.74 Å². The smallest absolute Gasteiger partial charge is 0.269 e. The average Bonchev–Trinajstić information content (AvgIpc) is 2.93. The van der Waals surface area contributed by atoms with Gasteiger partial charge in [-0.2, -0.15) is 0 Å². The molecule has 0 unspecified atom stereocenters. The first-order chi connectivity index (χ1) is 11.1. The molecule has 0 N–H and O–H groups in total. The van der Waals surface area contributed by atoms with Gasteiger partial charge in [-0.25, -0.2) is 0 Å². The third-order valence-corrected chi connectivity index (χ3v) is 3.89. The minimum atomic E-state index is -0.211. The van der Waals surface area contributed by atoms with Crippen LogP contribution in [-0.4, -0.2) is 23.4 Å². The molecule has 0 aliphatic carbocycles. The quantitative estimate of drug-likeness (QED) is 0.689. The van der Waals surface area contributed by atoms with E-state index in [2.05, 4.69) is 0 Å². The van der Waals surface area contributed by atoms with Crippen molar-refractivity contribution in [2.75, 3.05) is 6.61 Å². The first-order valence-electron chi connectivity index (χ1n) is 7.39. The highest BCUT2D eigenvalue weighted by Crippen LogP contribution is 2.23. The molecule has 0 aliphatic heterocycles. The predicted octanol–water partition coefficient (Wildman–Crippen LogP) is 3.79. The molecule has 3 aromatic rings. The van der Waals surface area contributed by atoms with Gasteiger partial charge in [-0.3, -0.25) is 14.2 Å². The molecule has 4 nitrogen and oxygen atoms in total. The third kappa shape index (κ3) is 2.75. The van der Waals surface area contributed by atoms with E-state index in [0.717, 1.165) is 28.5 Å². The second kappa shape index (κ2) is 6.08. The number of aromatic nitrogens is 1. The van der Waals surface area contributed by atoms with E-state index in [0.29, 0.717) is 11.1 Å². The lowest BCUT2D eigenvalue weighted by Crippen LogP contribution is -2.19. The summed E-state index contributed by atoms with van der Waals surface area (Å²) in [6.45, 7) is 3.81. The standard InChI is InChI=1S/C19H17NO3/c1-13-6-5-7-14(2)19(13)23-12-18(22)20-10-15(11-21)16-8-3-4-9-17(16)20/h3-11H,12H2,1-2H3. The summed E-state index contributed by atoms with van der Waals surface area (Å²) in [5.41, 5.74) is 3.19. The normalized spacial score (nSPS) is 10.7. The van der Waals surface area contributed by atoms with Crippen LogP contribution in [0, 0.1) is 13.8 Å². The Kier molecular flexibility index (Phi) is 3.98. The molecule has 0 saturated carbocycles. The molecule has 0 saturated heterocycles. The Balaban J connectivity index is 1.88. The SMILES string of the molecule is Cc1cccc(C)c1OCC(=O)n1cc(C=O)c2ccccc21. The molecular formula is C19H17NO3. The highest BCUT2D eigenvalue weighted by Gasteiger charge is 2.14. The molecule has 1 aromatic heterocycles. The molecule has 3 rings (SSSR count). The molecular weight excluding hydrogens is 290 g/mol. The number of ether oxygens (including phenoxy) is 1. The first kappa shape index (κ1) is 15.0. The molecule has 116 valence electrons. The van der Waals surface area contributed by atoms with Crippen molar-refractivity contribution >= 4 is 23.1 Å². The number of aryl methyl sites for hydroxylation is 2. The van der Waals surface area contributed by atoms with Gasteiger partial charge in [-0.1, -0.05) is 36.4 Å². The van der Waals surface area contributed by atoms with E-state index in [1.165, 1.54) is 4.57 Å². The molecule has 2 aromatic carbocycles. The monoisotopic (exact) mass is 307 g/mol. The fourth-order valence-corrected chi connectivity index (χ4v) is 2.74. The lowest BCUT2D eigenvalue weighted by molar-refractivity contribution is 0.0842. The highest BCUT2D eigenvalue weighted by molar-refractivity contribution is 6.02.